The molecule has 8 heteroatoms. The summed E-state index contributed by atoms with van der Waals surface area (Å²) >= 11 is 0. The van der Waals surface area contributed by atoms with Crippen LogP contribution in [0.5, 0.6) is 0 Å². The molecule has 1 aliphatic rings. The number of hydrogen-bond acceptors (Lipinski definition) is 5. The lowest BCUT2D eigenvalue weighted by molar-refractivity contribution is 0.0606. The summed E-state index contributed by atoms with van der Waals surface area (Å²) < 4.78 is 25.0. The van der Waals surface area contributed by atoms with Crippen molar-refractivity contribution in [1.82, 2.24) is 9.80 Å². The van der Waals surface area contributed by atoms with Gasteiger partial charge >= 0.3 is 0 Å². The topological polar surface area (TPSA) is 75.0 Å². The monoisotopic (exact) mass is 481 g/mol. The first kappa shape index (κ1) is 24.9. The fourth-order valence-electron chi connectivity index (χ4n) is 4.53. The van der Waals surface area contributed by atoms with Crippen molar-refractivity contribution in [2.45, 2.75) is 32.2 Å². The fraction of sp³-hybridized carbons (Fsp3) is 0.407. The Kier molecular flexibility index (Phi) is 8.15. The maximum absolute atomic E-state index is 13.6. The molecule has 35 heavy (non-hydrogen) atoms. The number of halogens is 1. The average Bonchev–Trinajstić information content (AvgIpc) is 3.24. The lowest BCUT2D eigenvalue weighted by Crippen LogP contribution is -2.46. The Morgan fingerprint density at radius 2 is 1.94 bits per heavy atom. The SMILES string of the molecule is CCOCCCN(C)C1CCN(C(=O)c2oc3ccccc3c2NC(=O)c2cccc(F)c2)CC1. The normalized spacial score (nSPS) is 14.6. The molecule has 7 nitrogen and oxygen atoms in total. The predicted molar refractivity (Wildman–Crippen MR) is 133 cm³/mol. The third kappa shape index (κ3) is 5.89. The highest BCUT2D eigenvalue weighted by molar-refractivity contribution is 6.14. The summed E-state index contributed by atoms with van der Waals surface area (Å²) in [5.41, 5.74) is 0.992. The Hall–Kier alpha value is -3.23. The fourth-order valence-corrected chi connectivity index (χ4v) is 4.53. The van der Waals surface area contributed by atoms with E-state index in [0.717, 1.165) is 45.1 Å². The Labute approximate surface area is 204 Å². The number of likely N-dealkylation sites (tertiary alicyclic amines) is 1. The van der Waals surface area contributed by atoms with Gasteiger partial charge in [-0.3, -0.25) is 9.59 Å². The average molecular weight is 482 g/mol. The van der Waals surface area contributed by atoms with Crippen LogP contribution in [-0.4, -0.2) is 67.6 Å². The summed E-state index contributed by atoms with van der Waals surface area (Å²) in [4.78, 5) is 30.4. The molecule has 4 rings (SSSR count). The molecule has 0 spiro atoms. The van der Waals surface area contributed by atoms with Crippen LogP contribution >= 0.6 is 0 Å². The van der Waals surface area contributed by atoms with E-state index in [1.165, 1.54) is 18.2 Å². The number of nitrogens with zero attached hydrogens (tertiary/aromatic N) is 2. The predicted octanol–water partition coefficient (Wildman–Crippen LogP) is 4.79. The number of rotatable bonds is 9. The summed E-state index contributed by atoms with van der Waals surface area (Å²) in [6.45, 7) is 5.65. The van der Waals surface area contributed by atoms with Gasteiger partial charge in [0.2, 0.25) is 5.76 Å². The second-order valence-corrected chi connectivity index (χ2v) is 8.82. The number of ether oxygens (including phenoxy) is 1. The van der Waals surface area contributed by atoms with E-state index < -0.39 is 11.7 Å². The Morgan fingerprint density at radius 1 is 1.17 bits per heavy atom. The Morgan fingerprint density at radius 3 is 2.69 bits per heavy atom. The quantitative estimate of drug-likeness (QED) is 0.445. The second-order valence-electron chi connectivity index (χ2n) is 8.82. The lowest BCUT2D eigenvalue weighted by Gasteiger charge is -2.36. The number of carbonyl (C=O) groups is 2. The molecule has 2 aromatic carbocycles. The first-order valence-electron chi connectivity index (χ1n) is 12.1. The van der Waals surface area contributed by atoms with Crippen LogP contribution in [0.15, 0.2) is 52.9 Å². The van der Waals surface area contributed by atoms with Gasteiger partial charge in [0, 0.05) is 49.8 Å². The molecule has 0 unspecified atom stereocenters. The number of nitrogens with one attached hydrogen (secondary N) is 1. The zero-order valence-electron chi connectivity index (χ0n) is 20.3. The van der Waals surface area contributed by atoms with Gasteiger partial charge in [-0.15, -0.1) is 0 Å². The van der Waals surface area contributed by atoms with Crippen molar-refractivity contribution in [2.24, 2.45) is 0 Å². The molecule has 3 aromatic rings. The molecular formula is C27H32FN3O4. The first-order valence-corrected chi connectivity index (χ1v) is 12.1. The van der Waals surface area contributed by atoms with Crippen molar-refractivity contribution >= 4 is 28.5 Å². The minimum atomic E-state index is -0.503. The molecule has 1 N–H and O–H groups in total. The molecule has 0 bridgehead atoms. The smallest absolute Gasteiger partial charge is 0.291 e. The van der Waals surface area contributed by atoms with Crippen molar-refractivity contribution in [3.63, 3.8) is 0 Å². The summed E-state index contributed by atoms with van der Waals surface area (Å²) in [7, 11) is 2.12. The highest BCUT2D eigenvalue weighted by Gasteiger charge is 2.30. The summed E-state index contributed by atoms with van der Waals surface area (Å²) in [6, 6.07) is 13.0. The molecule has 1 aromatic heterocycles. The number of carbonyl (C=O) groups excluding carboxylic acids is 2. The lowest BCUT2D eigenvalue weighted by atomic mass is 10.0. The summed E-state index contributed by atoms with van der Waals surface area (Å²) in [5.74, 6) is -1.16. The number of benzene rings is 2. The van der Waals surface area contributed by atoms with E-state index in [-0.39, 0.29) is 17.2 Å². The molecule has 1 fully saturated rings. The van der Waals surface area contributed by atoms with Crippen molar-refractivity contribution in [1.29, 1.82) is 0 Å². The van der Waals surface area contributed by atoms with Crippen molar-refractivity contribution in [3.05, 3.63) is 65.7 Å². The number of anilines is 1. The van der Waals surface area contributed by atoms with Gasteiger partial charge in [0.05, 0.1) is 0 Å². The van der Waals surface area contributed by atoms with Crippen molar-refractivity contribution in [2.75, 3.05) is 45.2 Å². The van der Waals surface area contributed by atoms with Gasteiger partial charge in [0.25, 0.3) is 11.8 Å². The van der Waals surface area contributed by atoms with Gasteiger partial charge in [-0.05, 0) is 63.6 Å². The van der Waals surface area contributed by atoms with Crippen LogP contribution in [0.1, 0.15) is 47.1 Å². The van der Waals surface area contributed by atoms with Gasteiger partial charge < -0.3 is 24.3 Å². The maximum Gasteiger partial charge on any atom is 0.291 e. The van der Waals surface area contributed by atoms with Crippen LogP contribution in [0.25, 0.3) is 11.0 Å². The summed E-state index contributed by atoms with van der Waals surface area (Å²) in [5, 5.41) is 3.42. The van der Waals surface area contributed by atoms with E-state index >= 15 is 0 Å². The number of para-hydroxylation sites is 1. The number of amides is 2. The van der Waals surface area contributed by atoms with E-state index in [2.05, 4.69) is 17.3 Å². The molecule has 1 saturated heterocycles. The Bertz CT molecular complexity index is 1170. The molecule has 1 aliphatic heterocycles. The van der Waals surface area contributed by atoms with Crippen LogP contribution in [0, 0.1) is 5.82 Å². The van der Waals surface area contributed by atoms with E-state index in [4.69, 9.17) is 9.15 Å². The minimum absolute atomic E-state index is 0.0967. The Balaban J connectivity index is 1.47. The molecule has 2 heterocycles. The van der Waals surface area contributed by atoms with E-state index in [1.807, 2.05) is 19.1 Å². The molecule has 186 valence electrons. The zero-order chi connectivity index (χ0) is 24.8. The number of fused-ring (bicyclic) bond motifs is 1. The van der Waals surface area contributed by atoms with Gasteiger partial charge in [-0.1, -0.05) is 18.2 Å². The summed E-state index contributed by atoms with van der Waals surface area (Å²) in [6.07, 6.45) is 2.71. The molecule has 0 radical (unpaired) electrons. The standard InChI is InChI=1S/C27H32FN3O4/c1-3-34-17-7-14-30(2)21-12-15-31(16-13-21)27(33)25-24(22-10-4-5-11-23(22)35-25)29-26(32)19-8-6-9-20(28)18-19/h4-6,8-11,18,21H,3,7,12-17H2,1-2H3,(H,29,32). The van der Waals surface area contributed by atoms with Gasteiger partial charge in [0.15, 0.2) is 0 Å². The maximum atomic E-state index is 13.6. The highest BCUT2D eigenvalue weighted by atomic mass is 19.1. The van der Waals surface area contributed by atoms with E-state index in [9.17, 15) is 14.0 Å². The van der Waals surface area contributed by atoms with E-state index in [0.29, 0.717) is 35.8 Å². The van der Waals surface area contributed by atoms with Crippen molar-refractivity contribution < 1.29 is 23.1 Å². The number of piperidine rings is 1. The zero-order valence-corrected chi connectivity index (χ0v) is 20.3. The van der Waals surface area contributed by atoms with Crippen LogP contribution in [0.3, 0.4) is 0 Å². The van der Waals surface area contributed by atoms with Crippen molar-refractivity contribution in [3.8, 4) is 0 Å². The third-order valence-corrected chi connectivity index (χ3v) is 6.49. The highest BCUT2D eigenvalue weighted by Crippen LogP contribution is 2.33. The third-order valence-electron chi connectivity index (χ3n) is 6.49. The first-order chi connectivity index (χ1) is 17.0. The number of furan rings is 1. The largest absolute Gasteiger partial charge is 0.449 e. The minimum Gasteiger partial charge on any atom is -0.449 e. The van der Waals surface area contributed by atoms with E-state index in [1.54, 1.807) is 17.0 Å². The molecule has 0 atom stereocenters. The van der Waals surface area contributed by atoms with Crippen LogP contribution in [-0.2, 0) is 4.74 Å². The molecule has 0 aliphatic carbocycles. The van der Waals surface area contributed by atoms with Gasteiger partial charge in [0.1, 0.15) is 17.1 Å². The second kappa shape index (κ2) is 11.5. The van der Waals surface area contributed by atoms with Crippen LogP contribution in [0.4, 0.5) is 10.1 Å². The number of hydrogen-bond donors (Lipinski definition) is 1. The van der Waals surface area contributed by atoms with Crippen LogP contribution in [0.2, 0.25) is 0 Å². The molecule has 2 amide bonds. The van der Waals surface area contributed by atoms with Gasteiger partial charge in [-0.25, -0.2) is 4.39 Å². The molecule has 0 saturated carbocycles. The van der Waals surface area contributed by atoms with Crippen LogP contribution < -0.4 is 5.32 Å². The molecular weight excluding hydrogens is 449 g/mol. The van der Waals surface area contributed by atoms with Gasteiger partial charge in [-0.2, -0.15) is 0 Å².